The number of nitrogens with one attached hydrogen (secondary N) is 1. The van der Waals surface area contributed by atoms with Crippen LogP contribution in [0.15, 0.2) is 55.0 Å². The molecule has 1 atom stereocenters. The fourth-order valence-electron chi connectivity index (χ4n) is 2.64. The third-order valence-electron chi connectivity index (χ3n) is 3.86. The molecule has 136 valence electrons. The Hall–Kier alpha value is -2.90. The quantitative estimate of drug-likeness (QED) is 0.876. The van der Waals surface area contributed by atoms with Gasteiger partial charge in [-0.25, -0.2) is 4.98 Å². The molecule has 0 bridgehead atoms. The Kier molecular flexibility index (Phi) is 5.20. The van der Waals surface area contributed by atoms with Crippen molar-refractivity contribution in [3.8, 4) is 11.1 Å². The van der Waals surface area contributed by atoms with Gasteiger partial charge >= 0.3 is 6.18 Å². The summed E-state index contributed by atoms with van der Waals surface area (Å²) in [6.45, 7) is -1.14. The van der Waals surface area contributed by atoms with Gasteiger partial charge in [0.25, 0.3) is 0 Å². The molecule has 1 aliphatic carbocycles. The lowest BCUT2D eigenvalue weighted by atomic mass is 9.97. The van der Waals surface area contributed by atoms with E-state index in [1.54, 1.807) is 12.1 Å². The molecule has 0 saturated heterocycles. The highest BCUT2D eigenvalue weighted by atomic mass is 19.4. The van der Waals surface area contributed by atoms with Crippen LogP contribution < -0.4 is 5.32 Å². The number of anilines is 1. The lowest BCUT2D eigenvalue weighted by Gasteiger charge is -2.12. The molecule has 0 fully saturated rings. The third kappa shape index (κ3) is 5.05. The summed E-state index contributed by atoms with van der Waals surface area (Å²) in [5, 5.41) is 6.43. The molecular formula is C18H17F3N4O. The summed E-state index contributed by atoms with van der Waals surface area (Å²) in [7, 11) is 0. The Balaban J connectivity index is 1.59. The number of hydrogen-bond donors (Lipinski definition) is 1. The molecule has 2 aromatic rings. The van der Waals surface area contributed by atoms with Crippen LogP contribution in [0.25, 0.3) is 11.1 Å². The Morgan fingerprint density at radius 1 is 1.23 bits per heavy atom. The lowest BCUT2D eigenvalue weighted by molar-refractivity contribution is -0.142. The number of hydrogen-bond acceptors (Lipinski definition) is 3. The zero-order chi connectivity index (χ0) is 18.6. The number of amides is 1. The van der Waals surface area contributed by atoms with Crippen LogP contribution >= 0.6 is 0 Å². The van der Waals surface area contributed by atoms with Gasteiger partial charge in [-0.15, -0.1) is 0 Å². The molecule has 5 nitrogen and oxygen atoms in total. The number of nitrogens with zero attached hydrogens (tertiary/aromatic N) is 3. The van der Waals surface area contributed by atoms with Gasteiger partial charge in [-0.1, -0.05) is 24.3 Å². The molecule has 8 heteroatoms. The molecule has 1 amide bonds. The molecule has 2 aromatic heterocycles. The maximum absolute atomic E-state index is 12.4. The monoisotopic (exact) mass is 362 g/mol. The second kappa shape index (κ2) is 7.55. The Bertz CT molecular complexity index is 822. The number of halogens is 3. The summed E-state index contributed by atoms with van der Waals surface area (Å²) in [6.07, 6.45) is 8.92. The summed E-state index contributed by atoms with van der Waals surface area (Å²) >= 11 is 0. The van der Waals surface area contributed by atoms with E-state index in [0.29, 0.717) is 23.4 Å². The first kappa shape index (κ1) is 17.9. The van der Waals surface area contributed by atoms with Crippen molar-refractivity contribution in [3.05, 3.63) is 55.0 Å². The van der Waals surface area contributed by atoms with Crippen LogP contribution in [0, 0.1) is 5.92 Å². The van der Waals surface area contributed by atoms with Crippen LogP contribution in [0.1, 0.15) is 12.8 Å². The Morgan fingerprint density at radius 2 is 2.08 bits per heavy atom. The van der Waals surface area contributed by atoms with E-state index < -0.39 is 12.7 Å². The molecule has 2 heterocycles. The molecule has 3 rings (SSSR count). The van der Waals surface area contributed by atoms with Gasteiger partial charge in [-0.3, -0.25) is 9.48 Å². The second-order valence-electron chi connectivity index (χ2n) is 6.04. The zero-order valence-electron chi connectivity index (χ0n) is 13.8. The predicted molar refractivity (Wildman–Crippen MR) is 91.1 cm³/mol. The normalized spacial score (nSPS) is 16.7. The highest BCUT2D eigenvalue weighted by molar-refractivity contribution is 5.90. The van der Waals surface area contributed by atoms with Crippen molar-refractivity contribution in [1.82, 2.24) is 14.8 Å². The van der Waals surface area contributed by atoms with Crippen LogP contribution in [-0.4, -0.2) is 26.8 Å². The largest absolute Gasteiger partial charge is 0.408 e. The minimum Gasteiger partial charge on any atom is -0.311 e. The fourth-order valence-corrected chi connectivity index (χ4v) is 2.64. The van der Waals surface area contributed by atoms with Gasteiger partial charge in [-0.05, 0) is 24.5 Å². The van der Waals surface area contributed by atoms with Gasteiger partial charge in [0.15, 0.2) is 0 Å². The minimum absolute atomic E-state index is 0.131. The summed E-state index contributed by atoms with van der Waals surface area (Å²) in [4.78, 5) is 16.2. The SMILES string of the molecule is O=C(CC1C=CC=CC1)Nc1ccc(-c2cnn(CC(F)(F)F)c2)cn1. The molecule has 1 N–H and O–H groups in total. The first-order valence-corrected chi connectivity index (χ1v) is 8.08. The lowest BCUT2D eigenvalue weighted by Crippen LogP contribution is -2.17. The molecule has 1 unspecified atom stereocenters. The summed E-state index contributed by atoms with van der Waals surface area (Å²) in [5.74, 6) is 0.448. The van der Waals surface area contributed by atoms with Gasteiger partial charge in [-0.2, -0.15) is 18.3 Å². The van der Waals surface area contributed by atoms with E-state index in [0.717, 1.165) is 11.1 Å². The van der Waals surface area contributed by atoms with Crippen molar-refractivity contribution in [2.45, 2.75) is 25.6 Å². The average Bonchev–Trinajstić information content (AvgIpc) is 3.03. The third-order valence-corrected chi connectivity index (χ3v) is 3.86. The molecule has 26 heavy (non-hydrogen) atoms. The zero-order valence-corrected chi connectivity index (χ0v) is 13.8. The Morgan fingerprint density at radius 3 is 2.73 bits per heavy atom. The van der Waals surface area contributed by atoms with Crippen molar-refractivity contribution in [3.63, 3.8) is 0 Å². The summed E-state index contributed by atoms with van der Waals surface area (Å²) < 4.78 is 38.0. The molecule has 0 spiro atoms. The maximum atomic E-state index is 12.4. The topological polar surface area (TPSA) is 59.8 Å². The van der Waals surface area contributed by atoms with Gasteiger partial charge in [0, 0.05) is 29.9 Å². The van der Waals surface area contributed by atoms with Crippen LogP contribution in [0.4, 0.5) is 19.0 Å². The van der Waals surface area contributed by atoms with Crippen molar-refractivity contribution < 1.29 is 18.0 Å². The molecule has 0 aliphatic heterocycles. The minimum atomic E-state index is -4.32. The Labute approximate surface area is 148 Å². The van der Waals surface area contributed by atoms with Gasteiger partial charge < -0.3 is 5.32 Å². The van der Waals surface area contributed by atoms with Crippen LogP contribution in [0.3, 0.4) is 0 Å². The van der Waals surface area contributed by atoms with Crippen molar-refractivity contribution >= 4 is 11.7 Å². The summed E-state index contributed by atoms with van der Waals surface area (Å²) in [6, 6.07) is 3.30. The van der Waals surface area contributed by atoms with E-state index in [9.17, 15) is 18.0 Å². The molecule has 0 saturated carbocycles. The van der Waals surface area contributed by atoms with Crippen LogP contribution in [0.2, 0.25) is 0 Å². The number of rotatable bonds is 5. The van der Waals surface area contributed by atoms with Crippen LogP contribution in [0.5, 0.6) is 0 Å². The first-order valence-electron chi connectivity index (χ1n) is 8.08. The molecular weight excluding hydrogens is 345 g/mol. The molecule has 0 aromatic carbocycles. The van der Waals surface area contributed by atoms with E-state index in [1.807, 2.05) is 24.3 Å². The van der Waals surface area contributed by atoms with Crippen molar-refractivity contribution in [2.75, 3.05) is 5.32 Å². The number of carbonyl (C=O) groups excluding carboxylic acids is 1. The van der Waals surface area contributed by atoms with E-state index in [4.69, 9.17) is 0 Å². The smallest absolute Gasteiger partial charge is 0.311 e. The van der Waals surface area contributed by atoms with E-state index in [2.05, 4.69) is 15.4 Å². The maximum Gasteiger partial charge on any atom is 0.408 e. The van der Waals surface area contributed by atoms with Crippen molar-refractivity contribution in [1.29, 1.82) is 0 Å². The first-order chi connectivity index (χ1) is 12.4. The van der Waals surface area contributed by atoms with Gasteiger partial charge in [0.1, 0.15) is 12.4 Å². The fraction of sp³-hybridized carbons (Fsp3) is 0.278. The predicted octanol–water partition coefficient (Wildman–Crippen LogP) is 3.97. The average molecular weight is 362 g/mol. The molecule has 1 aliphatic rings. The second-order valence-corrected chi connectivity index (χ2v) is 6.04. The number of alkyl halides is 3. The van der Waals surface area contributed by atoms with Gasteiger partial charge in [0.2, 0.25) is 5.91 Å². The van der Waals surface area contributed by atoms with E-state index in [-0.39, 0.29) is 11.8 Å². The number of allylic oxidation sites excluding steroid dienone is 4. The highest BCUT2D eigenvalue weighted by Crippen LogP contribution is 2.22. The number of carbonyl (C=O) groups is 1. The molecule has 0 radical (unpaired) electrons. The van der Waals surface area contributed by atoms with Crippen molar-refractivity contribution in [2.24, 2.45) is 5.92 Å². The highest BCUT2D eigenvalue weighted by Gasteiger charge is 2.28. The van der Waals surface area contributed by atoms with E-state index >= 15 is 0 Å². The standard InChI is InChI=1S/C18H17F3N4O/c19-18(20,21)12-25-11-15(10-23-25)14-6-7-16(22-9-14)24-17(26)8-13-4-2-1-3-5-13/h1-4,6-7,9-11,13H,5,8,12H2,(H,22,24,26). The van der Waals surface area contributed by atoms with Gasteiger partial charge in [0.05, 0.1) is 6.20 Å². The number of aromatic nitrogens is 3. The summed E-state index contributed by atoms with van der Waals surface area (Å²) in [5.41, 5.74) is 1.15. The van der Waals surface area contributed by atoms with Crippen LogP contribution in [-0.2, 0) is 11.3 Å². The van der Waals surface area contributed by atoms with E-state index in [1.165, 1.54) is 18.6 Å². The number of pyridine rings is 1.